The molecule has 2 heterocycles. The van der Waals surface area contributed by atoms with Crippen molar-refractivity contribution in [2.45, 2.75) is 33.4 Å². The molecule has 2 N–H and O–H groups in total. The third-order valence-electron chi connectivity index (χ3n) is 2.94. The minimum atomic E-state index is -0.446. The van der Waals surface area contributed by atoms with Crippen molar-refractivity contribution in [3.63, 3.8) is 0 Å². The Hall–Kier alpha value is -2.71. The van der Waals surface area contributed by atoms with E-state index in [0.717, 1.165) is 13.0 Å². The van der Waals surface area contributed by atoms with Gasteiger partial charge in [0.05, 0.1) is 17.8 Å². The lowest BCUT2D eigenvalue weighted by Crippen LogP contribution is -2.23. The summed E-state index contributed by atoms with van der Waals surface area (Å²) < 4.78 is 6.63. The number of nitrogens with zero attached hydrogens (tertiary/aromatic N) is 4. The Kier molecular flexibility index (Phi) is 4.87. The van der Waals surface area contributed by atoms with Crippen LogP contribution in [0.5, 0.6) is 0 Å². The van der Waals surface area contributed by atoms with Gasteiger partial charge in [-0.05, 0) is 13.3 Å². The van der Waals surface area contributed by atoms with Crippen LogP contribution in [0.4, 0.5) is 0 Å². The van der Waals surface area contributed by atoms with E-state index < -0.39 is 5.91 Å². The van der Waals surface area contributed by atoms with E-state index in [1.807, 2.05) is 6.92 Å². The fourth-order valence-corrected chi connectivity index (χ4v) is 1.87. The smallest absolute Gasteiger partial charge is 0.292 e. The van der Waals surface area contributed by atoms with Gasteiger partial charge in [-0.3, -0.25) is 14.3 Å². The number of aromatic nitrogens is 4. The van der Waals surface area contributed by atoms with Gasteiger partial charge in [-0.1, -0.05) is 12.1 Å². The van der Waals surface area contributed by atoms with Crippen LogP contribution in [0.1, 0.15) is 45.9 Å². The molecule has 0 aliphatic rings. The molecule has 0 unspecified atom stereocenters. The number of amides is 2. The van der Waals surface area contributed by atoms with Crippen LogP contribution in [-0.4, -0.2) is 38.8 Å². The van der Waals surface area contributed by atoms with Gasteiger partial charge in [0.25, 0.3) is 17.6 Å². The summed E-state index contributed by atoms with van der Waals surface area (Å²) >= 11 is 0. The molecule has 22 heavy (non-hydrogen) atoms. The van der Waals surface area contributed by atoms with Crippen molar-refractivity contribution in [1.82, 2.24) is 30.6 Å². The van der Waals surface area contributed by atoms with Crippen LogP contribution in [-0.2, 0) is 13.1 Å². The molecule has 0 saturated carbocycles. The summed E-state index contributed by atoms with van der Waals surface area (Å²) in [6, 6.07) is 0. The Bertz CT molecular complexity index is 675. The average molecular weight is 306 g/mol. The molecule has 0 bridgehead atoms. The van der Waals surface area contributed by atoms with Crippen molar-refractivity contribution in [1.29, 1.82) is 0 Å². The number of nitrogens with one attached hydrogen (secondary N) is 2. The number of rotatable bonds is 6. The Morgan fingerprint density at radius 3 is 2.82 bits per heavy atom. The Balaban J connectivity index is 1.98. The predicted molar refractivity (Wildman–Crippen MR) is 76.1 cm³/mol. The first-order chi connectivity index (χ1) is 10.5. The first-order valence-corrected chi connectivity index (χ1v) is 6.92. The van der Waals surface area contributed by atoms with Gasteiger partial charge in [-0.25, -0.2) is 0 Å². The van der Waals surface area contributed by atoms with Crippen molar-refractivity contribution in [2.75, 3.05) is 7.05 Å². The van der Waals surface area contributed by atoms with E-state index in [4.69, 9.17) is 4.52 Å². The second-order valence-electron chi connectivity index (χ2n) is 4.66. The molecule has 0 aliphatic heterocycles. The summed E-state index contributed by atoms with van der Waals surface area (Å²) in [4.78, 5) is 27.3. The van der Waals surface area contributed by atoms with E-state index in [-0.39, 0.29) is 24.2 Å². The zero-order chi connectivity index (χ0) is 16.1. The van der Waals surface area contributed by atoms with Crippen LogP contribution in [0, 0.1) is 6.92 Å². The van der Waals surface area contributed by atoms with Crippen molar-refractivity contribution >= 4 is 11.8 Å². The minimum absolute atomic E-state index is 0.0429. The molecule has 0 saturated heterocycles. The molecule has 9 heteroatoms. The Morgan fingerprint density at radius 1 is 1.36 bits per heavy atom. The molecule has 0 fully saturated rings. The van der Waals surface area contributed by atoms with Crippen LogP contribution in [0.15, 0.2) is 10.7 Å². The summed E-state index contributed by atoms with van der Waals surface area (Å²) in [5, 5.41) is 12.8. The maximum atomic E-state index is 12.1. The number of carbonyl (C=O) groups excluding carboxylic acids is 2. The van der Waals surface area contributed by atoms with Gasteiger partial charge in [0, 0.05) is 19.8 Å². The van der Waals surface area contributed by atoms with E-state index in [1.165, 1.54) is 7.05 Å². The van der Waals surface area contributed by atoms with E-state index in [9.17, 15) is 9.59 Å². The topological polar surface area (TPSA) is 115 Å². The molecule has 118 valence electrons. The fourth-order valence-electron chi connectivity index (χ4n) is 1.87. The average Bonchev–Trinajstić information content (AvgIpc) is 3.11. The van der Waals surface area contributed by atoms with Crippen LogP contribution in [0.2, 0.25) is 0 Å². The monoisotopic (exact) mass is 306 g/mol. The Labute approximate surface area is 127 Å². The lowest BCUT2D eigenvalue weighted by molar-refractivity contribution is 0.0938. The van der Waals surface area contributed by atoms with Crippen LogP contribution < -0.4 is 10.6 Å². The molecular formula is C13H18N6O3. The standard InChI is InChI=1S/C13H18N6O3/c1-4-5-19-7-9(8(2)17-19)12(20)15-6-10-16-11(18-22-10)13(21)14-3/h7H,4-6H2,1-3H3,(H,14,21)(H,15,20). The maximum absolute atomic E-state index is 12.1. The largest absolute Gasteiger partial charge is 0.352 e. The highest BCUT2D eigenvalue weighted by Crippen LogP contribution is 2.07. The fraction of sp³-hybridized carbons (Fsp3) is 0.462. The zero-order valence-electron chi connectivity index (χ0n) is 12.7. The second-order valence-corrected chi connectivity index (χ2v) is 4.66. The number of carbonyl (C=O) groups is 2. The van der Waals surface area contributed by atoms with Crippen molar-refractivity contribution < 1.29 is 14.1 Å². The minimum Gasteiger partial charge on any atom is -0.352 e. The molecule has 0 atom stereocenters. The highest BCUT2D eigenvalue weighted by molar-refractivity contribution is 5.95. The Morgan fingerprint density at radius 2 is 2.14 bits per heavy atom. The van der Waals surface area contributed by atoms with Gasteiger partial charge < -0.3 is 15.2 Å². The first kappa shape index (κ1) is 15.7. The first-order valence-electron chi connectivity index (χ1n) is 6.92. The molecule has 0 spiro atoms. The van der Waals surface area contributed by atoms with Crippen LogP contribution in [0.25, 0.3) is 0 Å². The predicted octanol–water partition coefficient (Wildman–Crippen LogP) is 0.274. The number of hydrogen-bond acceptors (Lipinski definition) is 6. The second kappa shape index (κ2) is 6.83. The third-order valence-corrected chi connectivity index (χ3v) is 2.94. The lowest BCUT2D eigenvalue weighted by atomic mass is 10.2. The highest BCUT2D eigenvalue weighted by Gasteiger charge is 2.16. The normalized spacial score (nSPS) is 10.5. The highest BCUT2D eigenvalue weighted by atomic mass is 16.5. The summed E-state index contributed by atoms with van der Waals surface area (Å²) in [6.07, 6.45) is 2.64. The van der Waals surface area contributed by atoms with Crippen molar-refractivity contribution in [2.24, 2.45) is 0 Å². The molecule has 2 rings (SSSR count). The van der Waals surface area contributed by atoms with E-state index in [2.05, 4.69) is 25.9 Å². The van der Waals surface area contributed by atoms with Gasteiger partial charge in [-0.2, -0.15) is 10.1 Å². The lowest BCUT2D eigenvalue weighted by Gasteiger charge is -2.00. The molecule has 0 aromatic carbocycles. The summed E-state index contributed by atoms with van der Waals surface area (Å²) in [5.41, 5.74) is 1.15. The van der Waals surface area contributed by atoms with Crippen LogP contribution >= 0.6 is 0 Å². The van der Waals surface area contributed by atoms with E-state index in [0.29, 0.717) is 11.3 Å². The zero-order valence-corrected chi connectivity index (χ0v) is 12.7. The summed E-state index contributed by atoms with van der Waals surface area (Å²) in [7, 11) is 1.47. The van der Waals surface area contributed by atoms with Gasteiger partial charge >= 0.3 is 0 Å². The van der Waals surface area contributed by atoms with Gasteiger partial charge in [0.1, 0.15) is 0 Å². The molecule has 0 aliphatic carbocycles. The molecule has 2 aromatic heterocycles. The molecular weight excluding hydrogens is 288 g/mol. The maximum Gasteiger partial charge on any atom is 0.292 e. The molecule has 2 aromatic rings. The van der Waals surface area contributed by atoms with Crippen LogP contribution in [0.3, 0.4) is 0 Å². The van der Waals surface area contributed by atoms with Crippen molar-refractivity contribution in [3.8, 4) is 0 Å². The molecule has 0 radical (unpaired) electrons. The SMILES string of the molecule is CCCn1cc(C(=O)NCc2nc(C(=O)NC)no2)c(C)n1. The number of aryl methyl sites for hydroxylation is 2. The van der Waals surface area contributed by atoms with Gasteiger partial charge in [0.15, 0.2) is 0 Å². The quantitative estimate of drug-likeness (QED) is 0.792. The molecule has 2 amide bonds. The van der Waals surface area contributed by atoms with Gasteiger partial charge in [-0.15, -0.1) is 0 Å². The number of hydrogen-bond donors (Lipinski definition) is 2. The van der Waals surface area contributed by atoms with E-state index >= 15 is 0 Å². The summed E-state index contributed by atoms with van der Waals surface area (Å²) in [5.74, 6) is -0.637. The summed E-state index contributed by atoms with van der Waals surface area (Å²) in [6.45, 7) is 4.61. The third kappa shape index (κ3) is 3.48. The van der Waals surface area contributed by atoms with Gasteiger partial charge in [0.2, 0.25) is 5.89 Å². The molecule has 9 nitrogen and oxygen atoms in total. The van der Waals surface area contributed by atoms with E-state index in [1.54, 1.807) is 17.8 Å². The van der Waals surface area contributed by atoms with Crippen molar-refractivity contribution in [3.05, 3.63) is 29.2 Å².